The molecule has 150 valence electrons. The fourth-order valence-electron chi connectivity index (χ4n) is 2.91. The highest BCUT2D eigenvalue weighted by Gasteiger charge is 2.08. The smallest absolute Gasteiger partial charge is 0.315 e. The molecular formula is C22H30N4O2. The first kappa shape index (κ1) is 21.4. The van der Waals surface area contributed by atoms with Crippen molar-refractivity contribution in [1.29, 1.82) is 0 Å². The third kappa shape index (κ3) is 6.39. The molecule has 0 radical (unpaired) electrons. The zero-order valence-electron chi connectivity index (χ0n) is 16.9. The van der Waals surface area contributed by atoms with Crippen LogP contribution >= 0.6 is 0 Å². The van der Waals surface area contributed by atoms with Gasteiger partial charge in [-0.25, -0.2) is 4.79 Å². The van der Waals surface area contributed by atoms with E-state index in [2.05, 4.69) is 46.8 Å². The number of amides is 3. The van der Waals surface area contributed by atoms with Gasteiger partial charge in [0.15, 0.2) is 0 Å². The molecule has 0 aromatic heterocycles. The average molecular weight is 383 g/mol. The van der Waals surface area contributed by atoms with Crippen molar-refractivity contribution in [1.82, 2.24) is 20.9 Å². The maximum absolute atomic E-state index is 12.2. The molecule has 2 aromatic rings. The van der Waals surface area contributed by atoms with E-state index in [0.717, 1.165) is 30.8 Å². The molecule has 0 spiro atoms. The van der Waals surface area contributed by atoms with Gasteiger partial charge in [-0.1, -0.05) is 50.2 Å². The Labute approximate surface area is 167 Å². The Balaban J connectivity index is 1.85. The molecule has 28 heavy (non-hydrogen) atoms. The topological polar surface area (TPSA) is 73.5 Å². The molecule has 0 saturated carbocycles. The lowest BCUT2D eigenvalue weighted by molar-refractivity contribution is 0.0963. The molecule has 0 aliphatic carbocycles. The monoisotopic (exact) mass is 382 g/mol. The largest absolute Gasteiger partial charge is 0.355 e. The lowest BCUT2D eigenvalue weighted by Gasteiger charge is -2.20. The zero-order valence-corrected chi connectivity index (χ0v) is 16.9. The van der Waals surface area contributed by atoms with Crippen LogP contribution in [0.1, 0.15) is 40.9 Å². The molecule has 3 amide bonds. The Hall–Kier alpha value is -2.86. The molecule has 3 N–H and O–H groups in total. The van der Waals surface area contributed by atoms with Crippen LogP contribution in [0.25, 0.3) is 0 Å². The van der Waals surface area contributed by atoms with Crippen molar-refractivity contribution in [3.8, 4) is 0 Å². The van der Waals surface area contributed by atoms with Gasteiger partial charge in [0, 0.05) is 32.2 Å². The maximum atomic E-state index is 12.2. The minimum absolute atomic E-state index is 0.124. The average Bonchev–Trinajstić information content (AvgIpc) is 2.75. The number of hydrogen-bond donors (Lipinski definition) is 3. The minimum Gasteiger partial charge on any atom is -0.355 e. The molecule has 6 nitrogen and oxygen atoms in total. The van der Waals surface area contributed by atoms with Crippen LogP contribution in [0, 0.1) is 0 Å². The Morgan fingerprint density at radius 2 is 1.46 bits per heavy atom. The van der Waals surface area contributed by atoms with Crippen LogP contribution in [-0.4, -0.2) is 37.0 Å². The van der Waals surface area contributed by atoms with E-state index >= 15 is 0 Å². The summed E-state index contributed by atoms with van der Waals surface area (Å²) >= 11 is 0. The third-order valence-corrected chi connectivity index (χ3v) is 4.74. The first-order valence-electron chi connectivity index (χ1n) is 9.69. The van der Waals surface area contributed by atoms with Gasteiger partial charge in [0.1, 0.15) is 0 Å². The molecule has 0 aliphatic rings. The first-order chi connectivity index (χ1) is 13.6. The number of urea groups is 1. The summed E-state index contributed by atoms with van der Waals surface area (Å²) in [6, 6.07) is 15.1. The normalized spacial score (nSPS) is 10.6. The molecule has 0 bridgehead atoms. The van der Waals surface area contributed by atoms with Crippen LogP contribution < -0.4 is 16.0 Å². The van der Waals surface area contributed by atoms with Gasteiger partial charge in [-0.3, -0.25) is 9.69 Å². The second-order valence-electron chi connectivity index (χ2n) is 6.54. The quantitative estimate of drug-likeness (QED) is 0.624. The minimum atomic E-state index is -0.215. The summed E-state index contributed by atoms with van der Waals surface area (Å²) in [5, 5.41) is 8.36. The van der Waals surface area contributed by atoms with Crippen LogP contribution in [0.4, 0.5) is 4.79 Å². The summed E-state index contributed by atoms with van der Waals surface area (Å²) in [4.78, 5) is 26.1. The summed E-state index contributed by atoms with van der Waals surface area (Å²) in [5.74, 6) is -0.124. The van der Waals surface area contributed by atoms with Crippen LogP contribution in [0.3, 0.4) is 0 Å². The fraction of sp³-hybridized carbons (Fsp3) is 0.364. The molecule has 0 atom stereocenters. The van der Waals surface area contributed by atoms with E-state index in [1.165, 1.54) is 5.56 Å². The molecular weight excluding hydrogens is 352 g/mol. The van der Waals surface area contributed by atoms with Crippen molar-refractivity contribution in [3.05, 3.63) is 70.8 Å². The van der Waals surface area contributed by atoms with E-state index in [1.807, 2.05) is 24.3 Å². The molecule has 0 aliphatic heterocycles. The van der Waals surface area contributed by atoms with Gasteiger partial charge in [0.2, 0.25) is 0 Å². The van der Waals surface area contributed by atoms with Crippen LogP contribution in [0.5, 0.6) is 0 Å². The highest BCUT2D eigenvalue weighted by Crippen LogP contribution is 2.11. The SMILES string of the molecule is CCN(CC)Cc1ccccc1CNC(=O)NCc1ccc(C(=O)NC)cc1. The number of carbonyl (C=O) groups is 2. The molecule has 0 fully saturated rings. The zero-order chi connectivity index (χ0) is 20.4. The van der Waals surface area contributed by atoms with E-state index in [-0.39, 0.29) is 11.9 Å². The van der Waals surface area contributed by atoms with Crippen molar-refractivity contribution in [2.24, 2.45) is 0 Å². The lowest BCUT2D eigenvalue weighted by atomic mass is 10.1. The summed E-state index contributed by atoms with van der Waals surface area (Å²) in [6.45, 7) is 8.07. The lowest BCUT2D eigenvalue weighted by Crippen LogP contribution is -2.35. The van der Waals surface area contributed by atoms with Crippen molar-refractivity contribution >= 4 is 11.9 Å². The van der Waals surface area contributed by atoms with E-state index in [1.54, 1.807) is 19.2 Å². The molecule has 0 saturated heterocycles. The van der Waals surface area contributed by atoms with E-state index in [4.69, 9.17) is 0 Å². The molecule has 2 rings (SSSR count). The third-order valence-electron chi connectivity index (χ3n) is 4.74. The van der Waals surface area contributed by atoms with E-state index in [0.29, 0.717) is 18.7 Å². The highest BCUT2D eigenvalue weighted by molar-refractivity contribution is 5.93. The number of hydrogen-bond acceptors (Lipinski definition) is 3. The Kier molecular flexibility index (Phi) is 8.49. The second kappa shape index (κ2) is 11.1. The van der Waals surface area contributed by atoms with Gasteiger partial charge in [-0.2, -0.15) is 0 Å². The van der Waals surface area contributed by atoms with Gasteiger partial charge < -0.3 is 16.0 Å². The van der Waals surface area contributed by atoms with Crippen LogP contribution in [0.15, 0.2) is 48.5 Å². The second-order valence-corrected chi connectivity index (χ2v) is 6.54. The van der Waals surface area contributed by atoms with Gasteiger partial charge in [0.05, 0.1) is 0 Å². The number of benzene rings is 2. The van der Waals surface area contributed by atoms with E-state index < -0.39 is 0 Å². The van der Waals surface area contributed by atoms with Crippen LogP contribution in [0.2, 0.25) is 0 Å². The number of carbonyl (C=O) groups excluding carboxylic acids is 2. The maximum Gasteiger partial charge on any atom is 0.315 e. The Morgan fingerprint density at radius 3 is 2.07 bits per heavy atom. The van der Waals surface area contributed by atoms with Crippen molar-refractivity contribution in [3.63, 3.8) is 0 Å². The van der Waals surface area contributed by atoms with Crippen molar-refractivity contribution in [2.45, 2.75) is 33.5 Å². The molecule has 6 heteroatoms. The van der Waals surface area contributed by atoms with Gasteiger partial charge in [-0.05, 0) is 41.9 Å². The number of nitrogens with one attached hydrogen (secondary N) is 3. The summed E-state index contributed by atoms with van der Waals surface area (Å²) < 4.78 is 0. The van der Waals surface area contributed by atoms with Crippen molar-refractivity contribution in [2.75, 3.05) is 20.1 Å². The molecule has 0 unspecified atom stereocenters. The standard InChI is InChI=1S/C22H30N4O2/c1-4-26(5-2)16-20-9-7-6-8-19(20)15-25-22(28)24-14-17-10-12-18(13-11-17)21(27)23-3/h6-13H,4-5,14-16H2,1-3H3,(H,23,27)(H2,24,25,28). The van der Waals surface area contributed by atoms with Crippen LogP contribution in [-0.2, 0) is 19.6 Å². The molecule has 2 aromatic carbocycles. The van der Waals surface area contributed by atoms with E-state index in [9.17, 15) is 9.59 Å². The highest BCUT2D eigenvalue weighted by atomic mass is 16.2. The predicted octanol–water partition coefficient (Wildman–Crippen LogP) is 2.89. The predicted molar refractivity (Wildman–Crippen MR) is 112 cm³/mol. The van der Waals surface area contributed by atoms with Gasteiger partial charge in [-0.15, -0.1) is 0 Å². The van der Waals surface area contributed by atoms with Gasteiger partial charge >= 0.3 is 6.03 Å². The summed E-state index contributed by atoms with van der Waals surface area (Å²) in [7, 11) is 1.60. The van der Waals surface area contributed by atoms with Crippen molar-refractivity contribution < 1.29 is 9.59 Å². The molecule has 0 heterocycles. The fourth-order valence-corrected chi connectivity index (χ4v) is 2.91. The Bertz CT molecular complexity index is 770. The van der Waals surface area contributed by atoms with Gasteiger partial charge in [0.25, 0.3) is 5.91 Å². The Morgan fingerprint density at radius 1 is 0.857 bits per heavy atom. The summed E-state index contributed by atoms with van der Waals surface area (Å²) in [5.41, 5.74) is 3.89. The number of nitrogens with zero attached hydrogens (tertiary/aromatic N) is 1. The summed E-state index contributed by atoms with van der Waals surface area (Å²) in [6.07, 6.45) is 0. The number of rotatable bonds is 9. The first-order valence-corrected chi connectivity index (χ1v) is 9.69.